The van der Waals surface area contributed by atoms with Gasteiger partial charge in [0, 0.05) is 17.3 Å². The summed E-state index contributed by atoms with van der Waals surface area (Å²) in [5.41, 5.74) is 6.71. The first-order valence-electron chi connectivity index (χ1n) is 8.06. The smallest absolute Gasteiger partial charge is 0.251 e. The summed E-state index contributed by atoms with van der Waals surface area (Å²) < 4.78 is 25.9. The van der Waals surface area contributed by atoms with Gasteiger partial charge in [0.2, 0.25) is 10.0 Å². The van der Waals surface area contributed by atoms with Gasteiger partial charge in [0.05, 0.1) is 5.75 Å². The van der Waals surface area contributed by atoms with Gasteiger partial charge < -0.3 is 11.1 Å². The fourth-order valence-electron chi connectivity index (χ4n) is 2.95. The Labute approximate surface area is 137 Å². The molecule has 2 rings (SSSR count). The molecule has 0 bridgehead atoms. The zero-order chi connectivity index (χ0) is 16.9. The number of benzene rings is 1. The van der Waals surface area contributed by atoms with Crippen molar-refractivity contribution >= 4 is 21.6 Å². The van der Waals surface area contributed by atoms with Gasteiger partial charge in [-0.15, -0.1) is 0 Å². The van der Waals surface area contributed by atoms with Crippen LogP contribution in [0.5, 0.6) is 0 Å². The molecule has 0 saturated heterocycles. The molecule has 0 aliphatic heterocycles. The fraction of sp³-hybridized carbons (Fsp3) is 0.562. The van der Waals surface area contributed by atoms with Crippen molar-refractivity contribution in [1.29, 1.82) is 0 Å². The molecule has 1 fully saturated rings. The Morgan fingerprint density at radius 3 is 2.57 bits per heavy atom. The van der Waals surface area contributed by atoms with Gasteiger partial charge in [0.25, 0.3) is 5.91 Å². The Bertz CT molecular complexity index is 628. The maximum atomic E-state index is 12.3. The molecule has 1 aromatic rings. The summed E-state index contributed by atoms with van der Waals surface area (Å²) in [5.74, 6) is 0.287. The molecule has 2 unspecified atom stereocenters. The van der Waals surface area contributed by atoms with Gasteiger partial charge in [-0.3, -0.25) is 9.52 Å². The van der Waals surface area contributed by atoms with E-state index in [0.717, 1.165) is 19.3 Å². The van der Waals surface area contributed by atoms with E-state index in [4.69, 9.17) is 5.73 Å². The number of amides is 1. The van der Waals surface area contributed by atoms with E-state index in [0.29, 0.717) is 30.1 Å². The third-order valence-electron chi connectivity index (χ3n) is 4.17. The number of nitrogens with one attached hydrogen (secondary N) is 2. The van der Waals surface area contributed by atoms with Crippen molar-refractivity contribution in [3.05, 3.63) is 29.8 Å². The molecule has 1 saturated carbocycles. The third kappa shape index (κ3) is 4.94. The van der Waals surface area contributed by atoms with Crippen LogP contribution in [0.2, 0.25) is 0 Å². The van der Waals surface area contributed by atoms with E-state index in [9.17, 15) is 13.2 Å². The van der Waals surface area contributed by atoms with Crippen molar-refractivity contribution in [2.24, 2.45) is 11.7 Å². The van der Waals surface area contributed by atoms with Crippen LogP contribution in [0.15, 0.2) is 24.3 Å². The van der Waals surface area contributed by atoms with Crippen LogP contribution in [0, 0.1) is 5.92 Å². The highest BCUT2D eigenvalue weighted by Gasteiger charge is 2.27. The number of carbonyl (C=O) groups is 1. The second-order valence-electron chi connectivity index (χ2n) is 6.00. The molecule has 4 N–H and O–H groups in total. The SMILES string of the molecule is CCCS(=O)(=O)Nc1ccc(C(=O)NC2CCCC2CN)cc1. The van der Waals surface area contributed by atoms with Crippen LogP contribution in [0.1, 0.15) is 43.0 Å². The molecular weight excluding hydrogens is 314 g/mol. The number of carbonyl (C=O) groups excluding carboxylic acids is 1. The van der Waals surface area contributed by atoms with Crippen LogP contribution in [-0.4, -0.2) is 32.7 Å². The Hall–Kier alpha value is -1.60. The second-order valence-corrected chi connectivity index (χ2v) is 7.85. The van der Waals surface area contributed by atoms with Gasteiger partial charge in [-0.2, -0.15) is 0 Å². The van der Waals surface area contributed by atoms with E-state index in [2.05, 4.69) is 10.0 Å². The van der Waals surface area contributed by atoms with E-state index >= 15 is 0 Å². The first kappa shape index (κ1) is 17.7. The molecule has 0 spiro atoms. The number of nitrogens with two attached hydrogens (primary N) is 1. The Balaban J connectivity index is 1.97. The minimum absolute atomic E-state index is 0.0807. The second kappa shape index (κ2) is 7.79. The van der Waals surface area contributed by atoms with E-state index in [-0.39, 0.29) is 17.7 Å². The number of sulfonamides is 1. The van der Waals surface area contributed by atoms with E-state index in [1.807, 2.05) is 6.92 Å². The Morgan fingerprint density at radius 1 is 1.26 bits per heavy atom. The van der Waals surface area contributed by atoms with Gasteiger partial charge >= 0.3 is 0 Å². The van der Waals surface area contributed by atoms with Crippen molar-refractivity contribution in [2.45, 2.75) is 38.6 Å². The molecule has 0 radical (unpaired) electrons. The lowest BCUT2D eigenvalue weighted by Crippen LogP contribution is -2.39. The van der Waals surface area contributed by atoms with Gasteiger partial charge in [-0.25, -0.2) is 8.42 Å². The van der Waals surface area contributed by atoms with E-state index < -0.39 is 10.0 Å². The molecule has 0 aromatic heterocycles. The quantitative estimate of drug-likeness (QED) is 0.703. The van der Waals surface area contributed by atoms with Gasteiger partial charge in [0.15, 0.2) is 0 Å². The predicted octanol–water partition coefficient (Wildman–Crippen LogP) is 1.70. The summed E-state index contributed by atoms with van der Waals surface area (Å²) in [6, 6.07) is 6.61. The maximum Gasteiger partial charge on any atom is 0.251 e. The van der Waals surface area contributed by atoms with Crippen LogP contribution >= 0.6 is 0 Å². The molecule has 1 aliphatic rings. The van der Waals surface area contributed by atoms with Crippen LogP contribution in [0.4, 0.5) is 5.69 Å². The van der Waals surface area contributed by atoms with Crippen LogP contribution < -0.4 is 15.8 Å². The van der Waals surface area contributed by atoms with Crippen LogP contribution in [-0.2, 0) is 10.0 Å². The van der Waals surface area contributed by atoms with Crippen LogP contribution in [0.25, 0.3) is 0 Å². The molecule has 1 aliphatic carbocycles. The first-order valence-corrected chi connectivity index (χ1v) is 9.72. The van der Waals surface area contributed by atoms with Crippen molar-refractivity contribution in [1.82, 2.24) is 5.32 Å². The highest BCUT2D eigenvalue weighted by atomic mass is 32.2. The van der Waals surface area contributed by atoms with Crippen molar-refractivity contribution in [3.8, 4) is 0 Å². The average molecular weight is 339 g/mol. The fourth-order valence-corrected chi connectivity index (χ4v) is 4.08. The zero-order valence-corrected chi connectivity index (χ0v) is 14.2. The lowest BCUT2D eigenvalue weighted by atomic mass is 10.0. The molecular formula is C16H25N3O3S. The molecule has 23 heavy (non-hydrogen) atoms. The average Bonchev–Trinajstić information content (AvgIpc) is 2.94. The van der Waals surface area contributed by atoms with E-state index in [1.165, 1.54) is 0 Å². The molecule has 128 valence electrons. The van der Waals surface area contributed by atoms with Crippen molar-refractivity contribution in [2.75, 3.05) is 17.0 Å². The molecule has 2 atom stereocenters. The van der Waals surface area contributed by atoms with Gasteiger partial charge in [0.1, 0.15) is 0 Å². The third-order valence-corrected chi connectivity index (χ3v) is 5.66. The lowest BCUT2D eigenvalue weighted by Gasteiger charge is -2.19. The Kier molecular flexibility index (Phi) is 6.01. The summed E-state index contributed by atoms with van der Waals surface area (Å²) in [4.78, 5) is 12.3. The van der Waals surface area contributed by atoms with Gasteiger partial charge in [-0.1, -0.05) is 13.3 Å². The van der Waals surface area contributed by atoms with E-state index in [1.54, 1.807) is 24.3 Å². The predicted molar refractivity (Wildman–Crippen MR) is 91.8 cm³/mol. The molecule has 6 nitrogen and oxygen atoms in total. The number of hydrogen-bond donors (Lipinski definition) is 3. The molecule has 7 heteroatoms. The number of rotatable bonds is 7. The van der Waals surface area contributed by atoms with Crippen LogP contribution in [0.3, 0.4) is 0 Å². The maximum absolute atomic E-state index is 12.3. The standard InChI is InChI=1S/C16H25N3O3S/c1-2-10-23(21,22)19-14-8-6-12(7-9-14)16(20)18-15-5-3-4-13(15)11-17/h6-9,13,15,19H,2-5,10-11,17H2,1H3,(H,18,20). The lowest BCUT2D eigenvalue weighted by molar-refractivity contribution is 0.0929. The summed E-state index contributed by atoms with van der Waals surface area (Å²) in [6.07, 6.45) is 3.66. The summed E-state index contributed by atoms with van der Waals surface area (Å²) in [7, 11) is -3.31. The number of anilines is 1. The largest absolute Gasteiger partial charge is 0.349 e. The minimum Gasteiger partial charge on any atom is -0.349 e. The monoisotopic (exact) mass is 339 g/mol. The van der Waals surface area contributed by atoms with Crippen molar-refractivity contribution < 1.29 is 13.2 Å². The summed E-state index contributed by atoms with van der Waals surface area (Å²) in [5, 5.41) is 3.03. The normalized spacial score (nSPS) is 21.1. The topological polar surface area (TPSA) is 101 Å². The zero-order valence-electron chi connectivity index (χ0n) is 13.4. The summed E-state index contributed by atoms with van der Waals surface area (Å²) >= 11 is 0. The summed E-state index contributed by atoms with van der Waals surface area (Å²) in [6.45, 7) is 2.40. The highest BCUT2D eigenvalue weighted by molar-refractivity contribution is 7.92. The molecule has 0 heterocycles. The minimum atomic E-state index is -3.31. The van der Waals surface area contributed by atoms with Gasteiger partial charge in [-0.05, 0) is 56.0 Å². The molecule has 1 aromatic carbocycles. The molecule has 1 amide bonds. The number of hydrogen-bond acceptors (Lipinski definition) is 4. The first-order chi connectivity index (χ1) is 10.9. The van der Waals surface area contributed by atoms with Crippen molar-refractivity contribution in [3.63, 3.8) is 0 Å². The Morgan fingerprint density at radius 2 is 1.96 bits per heavy atom. The highest BCUT2D eigenvalue weighted by Crippen LogP contribution is 2.25.